The normalized spacial score (nSPS) is 11.2. The molecule has 0 spiro atoms. The van der Waals surface area contributed by atoms with Crippen molar-refractivity contribution < 1.29 is 13.0 Å². The first-order valence-corrected chi connectivity index (χ1v) is 3.17. The van der Waals surface area contributed by atoms with Crippen LogP contribution in [0.25, 0.3) is 0 Å². The van der Waals surface area contributed by atoms with Crippen molar-refractivity contribution in [3.63, 3.8) is 0 Å². The summed E-state index contributed by atoms with van der Waals surface area (Å²) in [6.45, 7) is 1.51. The monoisotopic (exact) mass is 145 g/mol. The first-order chi connectivity index (χ1) is 3.06. The zero-order chi connectivity index (χ0) is 5.91. The van der Waals surface area contributed by atoms with Gasteiger partial charge in [0.05, 0.1) is 5.41 Å². The van der Waals surface area contributed by atoms with Crippen LogP contribution in [0.15, 0.2) is 11.5 Å². The van der Waals surface area contributed by atoms with E-state index < -0.39 is 10.1 Å². The fourth-order valence-corrected chi connectivity index (χ4v) is 0.516. The van der Waals surface area contributed by atoms with Gasteiger partial charge in [0.2, 0.25) is 0 Å². The minimum Gasteiger partial charge on any atom is -0.282 e. The third-order valence-corrected chi connectivity index (χ3v) is 0.924. The molecule has 1 N–H and O–H groups in total. The van der Waals surface area contributed by atoms with Crippen LogP contribution in [-0.2, 0) is 10.1 Å². The molecule has 0 aromatic rings. The van der Waals surface area contributed by atoms with Crippen LogP contribution in [0, 0.1) is 0 Å². The SMILES string of the molecule is CC=CS(=O)(=O)O.[Na]. The Balaban J connectivity index is 0. The van der Waals surface area contributed by atoms with Crippen molar-refractivity contribution in [1.29, 1.82) is 0 Å². The zero-order valence-electron chi connectivity index (χ0n) is 4.83. The first kappa shape index (κ1) is 11.4. The smallest absolute Gasteiger partial charge is 0.282 e. The van der Waals surface area contributed by atoms with Crippen molar-refractivity contribution >= 4 is 39.7 Å². The van der Waals surface area contributed by atoms with Gasteiger partial charge in [0, 0.05) is 29.6 Å². The number of hydrogen-bond donors (Lipinski definition) is 1. The summed E-state index contributed by atoms with van der Waals surface area (Å²) in [4.78, 5) is 0. The second-order valence-corrected chi connectivity index (χ2v) is 2.29. The van der Waals surface area contributed by atoms with E-state index in [0.29, 0.717) is 5.41 Å². The molecule has 0 atom stereocenters. The summed E-state index contributed by atoms with van der Waals surface area (Å²) in [6.07, 6.45) is 1.25. The largest absolute Gasteiger partial charge is 0.287 e. The van der Waals surface area contributed by atoms with Crippen LogP contribution < -0.4 is 0 Å². The summed E-state index contributed by atoms with van der Waals surface area (Å²) >= 11 is 0. The molecular weight excluding hydrogens is 139 g/mol. The maximum absolute atomic E-state index is 9.70. The molecule has 43 valence electrons. The van der Waals surface area contributed by atoms with Gasteiger partial charge < -0.3 is 0 Å². The number of rotatable bonds is 1. The van der Waals surface area contributed by atoms with E-state index in [1.165, 1.54) is 13.0 Å². The van der Waals surface area contributed by atoms with Crippen LogP contribution in [-0.4, -0.2) is 42.5 Å². The quantitative estimate of drug-likeness (QED) is 0.418. The van der Waals surface area contributed by atoms with Crippen molar-refractivity contribution in [1.82, 2.24) is 0 Å². The van der Waals surface area contributed by atoms with Crippen molar-refractivity contribution in [3.8, 4) is 0 Å². The molecule has 0 aliphatic carbocycles. The molecule has 0 saturated carbocycles. The maximum atomic E-state index is 9.70. The maximum Gasteiger partial charge on any atom is 0.287 e. The van der Waals surface area contributed by atoms with E-state index in [9.17, 15) is 8.42 Å². The Morgan fingerprint density at radius 2 is 1.88 bits per heavy atom. The molecule has 5 heteroatoms. The average molecular weight is 145 g/mol. The van der Waals surface area contributed by atoms with Crippen LogP contribution in [0.1, 0.15) is 6.92 Å². The first-order valence-electron chi connectivity index (χ1n) is 1.66. The van der Waals surface area contributed by atoms with Crippen molar-refractivity contribution in [3.05, 3.63) is 11.5 Å². The fourth-order valence-electron chi connectivity index (χ4n) is 0.172. The molecule has 0 amide bonds. The van der Waals surface area contributed by atoms with E-state index in [1.54, 1.807) is 0 Å². The Bertz CT molecular complexity index is 157. The van der Waals surface area contributed by atoms with Gasteiger partial charge in [-0.2, -0.15) is 8.42 Å². The standard InChI is InChI=1S/C3H6O3S.Na/c1-2-3-7(4,5)6;/h2-3H,1H3,(H,4,5,6);. The third-order valence-electron chi connectivity index (χ3n) is 0.308. The minimum atomic E-state index is -3.85. The summed E-state index contributed by atoms with van der Waals surface area (Å²) in [6, 6.07) is 0. The van der Waals surface area contributed by atoms with Crippen LogP contribution in [0.2, 0.25) is 0 Å². The molecule has 0 aliphatic heterocycles. The molecule has 1 radical (unpaired) electrons. The van der Waals surface area contributed by atoms with Gasteiger partial charge >= 0.3 is 0 Å². The Morgan fingerprint density at radius 1 is 1.50 bits per heavy atom. The van der Waals surface area contributed by atoms with Gasteiger partial charge in [-0.1, -0.05) is 6.08 Å². The van der Waals surface area contributed by atoms with Gasteiger partial charge in [-0.25, -0.2) is 0 Å². The molecule has 0 heterocycles. The molecule has 0 aromatic carbocycles. The second-order valence-electron chi connectivity index (χ2n) is 0.984. The van der Waals surface area contributed by atoms with Crippen LogP contribution in [0.5, 0.6) is 0 Å². The van der Waals surface area contributed by atoms with E-state index in [2.05, 4.69) is 0 Å². The predicted molar refractivity (Wildman–Crippen MR) is 32.1 cm³/mol. The Hall–Kier alpha value is 0.650. The summed E-state index contributed by atoms with van der Waals surface area (Å²) in [5.41, 5.74) is 0. The number of allylic oxidation sites excluding steroid dienone is 1. The van der Waals surface area contributed by atoms with Crippen molar-refractivity contribution in [2.75, 3.05) is 0 Å². The molecule has 0 bridgehead atoms. The van der Waals surface area contributed by atoms with Gasteiger partial charge in [-0.3, -0.25) is 4.55 Å². The van der Waals surface area contributed by atoms with Gasteiger partial charge in [0.25, 0.3) is 10.1 Å². The van der Waals surface area contributed by atoms with Crippen molar-refractivity contribution in [2.45, 2.75) is 6.92 Å². The topological polar surface area (TPSA) is 54.4 Å². The molecule has 3 nitrogen and oxygen atoms in total. The van der Waals surface area contributed by atoms with Gasteiger partial charge in [-0.05, 0) is 6.92 Å². The summed E-state index contributed by atoms with van der Waals surface area (Å²) in [7, 11) is -3.85. The molecule has 0 unspecified atom stereocenters. The Kier molecular flexibility index (Phi) is 6.47. The van der Waals surface area contributed by atoms with E-state index >= 15 is 0 Å². The van der Waals surface area contributed by atoms with Crippen LogP contribution >= 0.6 is 0 Å². The molecule has 0 aromatic heterocycles. The van der Waals surface area contributed by atoms with Gasteiger partial charge in [-0.15, -0.1) is 0 Å². The Morgan fingerprint density at radius 3 is 1.88 bits per heavy atom. The van der Waals surface area contributed by atoms with Gasteiger partial charge in [0.1, 0.15) is 0 Å². The second kappa shape index (κ2) is 4.52. The van der Waals surface area contributed by atoms with E-state index in [0.717, 1.165) is 0 Å². The predicted octanol–water partition coefficient (Wildman–Crippen LogP) is 0.0270. The van der Waals surface area contributed by atoms with Crippen molar-refractivity contribution in [2.24, 2.45) is 0 Å². The van der Waals surface area contributed by atoms with Gasteiger partial charge in [0.15, 0.2) is 0 Å². The Labute approximate surface area is 70.8 Å². The van der Waals surface area contributed by atoms with Crippen LogP contribution in [0.4, 0.5) is 0 Å². The van der Waals surface area contributed by atoms with E-state index in [-0.39, 0.29) is 29.6 Å². The van der Waals surface area contributed by atoms with E-state index in [1.807, 2.05) is 0 Å². The molecule has 0 rings (SSSR count). The summed E-state index contributed by atoms with van der Waals surface area (Å²) < 4.78 is 27.3. The molecule has 0 aliphatic rings. The third kappa shape index (κ3) is 9.82. The number of hydrogen-bond acceptors (Lipinski definition) is 2. The molecule has 0 saturated heterocycles. The molecule has 0 fully saturated rings. The zero-order valence-corrected chi connectivity index (χ0v) is 7.64. The molecular formula is C3H6NaO3S. The average Bonchev–Trinajstić information content (AvgIpc) is 1.30. The minimum absolute atomic E-state index is 0. The van der Waals surface area contributed by atoms with Crippen LogP contribution in [0.3, 0.4) is 0 Å². The summed E-state index contributed by atoms with van der Waals surface area (Å²) in [5.74, 6) is 0. The van der Waals surface area contributed by atoms with E-state index in [4.69, 9.17) is 4.55 Å². The molecule has 8 heavy (non-hydrogen) atoms. The fraction of sp³-hybridized carbons (Fsp3) is 0.333. The summed E-state index contributed by atoms with van der Waals surface area (Å²) in [5, 5.41) is 0.715.